The van der Waals surface area contributed by atoms with Crippen LogP contribution < -0.4 is 5.32 Å². The molecule has 24 heavy (non-hydrogen) atoms. The highest BCUT2D eigenvalue weighted by molar-refractivity contribution is 6.32. The molecule has 1 fully saturated rings. The molecular formula is C15H18ClF2N5O. The summed E-state index contributed by atoms with van der Waals surface area (Å²) >= 11 is 6.03. The molecule has 0 atom stereocenters. The molecule has 0 aromatic carbocycles. The van der Waals surface area contributed by atoms with E-state index in [4.69, 9.17) is 11.6 Å². The van der Waals surface area contributed by atoms with E-state index in [-0.39, 0.29) is 29.9 Å². The van der Waals surface area contributed by atoms with Gasteiger partial charge in [-0.05, 0) is 25.8 Å². The summed E-state index contributed by atoms with van der Waals surface area (Å²) in [5.74, 6) is -0.200. The van der Waals surface area contributed by atoms with Crippen molar-refractivity contribution in [3.05, 3.63) is 34.4 Å². The Kier molecular flexibility index (Phi) is 4.84. The molecule has 0 bridgehead atoms. The lowest BCUT2D eigenvalue weighted by Gasteiger charge is -2.07. The van der Waals surface area contributed by atoms with Gasteiger partial charge in [-0.15, -0.1) is 0 Å². The van der Waals surface area contributed by atoms with Gasteiger partial charge in [0.2, 0.25) is 5.91 Å². The van der Waals surface area contributed by atoms with Crippen molar-refractivity contribution in [2.24, 2.45) is 0 Å². The first kappa shape index (κ1) is 16.9. The minimum absolute atomic E-state index is 0.0120. The Morgan fingerprint density at radius 3 is 2.79 bits per heavy atom. The molecule has 2 heterocycles. The summed E-state index contributed by atoms with van der Waals surface area (Å²) < 4.78 is 29.0. The normalized spacial score (nSPS) is 14.4. The molecule has 2 aromatic rings. The van der Waals surface area contributed by atoms with Crippen molar-refractivity contribution in [2.75, 3.05) is 0 Å². The van der Waals surface area contributed by atoms with Gasteiger partial charge in [-0.2, -0.15) is 10.2 Å². The van der Waals surface area contributed by atoms with E-state index in [2.05, 4.69) is 15.5 Å². The molecule has 9 heteroatoms. The first-order chi connectivity index (χ1) is 11.5. The zero-order valence-corrected chi connectivity index (χ0v) is 13.9. The summed E-state index contributed by atoms with van der Waals surface area (Å²) in [6.45, 7) is 2.87. The third kappa shape index (κ3) is 3.58. The fourth-order valence-corrected chi connectivity index (χ4v) is 2.91. The third-order valence-corrected chi connectivity index (χ3v) is 4.29. The molecular weight excluding hydrogens is 340 g/mol. The van der Waals surface area contributed by atoms with Crippen LogP contribution in [0.3, 0.4) is 0 Å². The minimum Gasteiger partial charge on any atom is -0.349 e. The molecule has 0 spiro atoms. The number of nitrogens with one attached hydrogen (secondary N) is 1. The standard InChI is InChI=1S/C15H18ClF2N5O/c1-2-22-6-5-10(20-22)7-19-11(24)8-23-14(9-3-4-9)12(16)13(21-23)15(17)18/h5-6,9,15H,2-4,7-8H2,1H3,(H,19,24). The Bertz CT molecular complexity index is 738. The van der Waals surface area contributed by atoms with Crippen LogP contribution in [0.4, 0.5) is 8.78 Å². The monoisotopic (exact) mass is 357 g/mol. The van der Waals surface area contributed by atoms with Crippen molar-refractivity contribution in [2.45, 2.75) is 51.7 Å². The molecule has 1 aliphatic carbocycles. The van der Waals surface area contributed by atoms with Crippen molar-refractivity contribution in [3.8, 4) is 0 Å². The number of nitrogens with zero attached hydrogens (tertiary/aromatic N) is 4. The number of rotatable bonds is 7. The number of aromatic nitrogens is 4. The van der Waals surface area contributed by atoms with Crippen LogP contribution in [0.2, 0.25) is 5.02 Å². The van der Waals surface area contributed by atoms with Gasteiger partial charge in [-0.1, -0.05) is 11.6 Å². The summed E-state index contributed by atoms with van der Waals surface area (Å²) in [6.07, 6.45) is 0.834. The first-order valence-electron chi connectivity index (χ1n) is 7.82. The number of hydrogen-bond acceptors (Lipinski definition) is 3. The fourth-order valence-electron chi connectivity index (χ4n) is 2.53. The van der Waals surface area contributed by atoms with Gasteiger partial charge in [0.05, 0.1) is 23.0 Å². The SMILES string of the molecule is CCn1ccc(CNC(=O)Cn2nc(C(F)F)c(Cl)c2C2CC2)n1. The molecule has 130 valence electrons. The highest BCUT2D eigenvalue weighted by Gasteiger charge is 2.34. The molecule has 3 rings (SSSR count). The maximum absolute atomic E-state index is 13.0. The van der Waals surface area contributed by atoms with Crippen LogP contribution in [-0.4, -0.2) is 25.5 Å². The number of aryl methyl sites for hydroxylation is 1. The largest absolute Gasteiger partial charge is 0.349 e. The molecule has 1 amide bonds. The van der Waals surface area contributed by atoms with Crippen molar-refractivity contribution in [1.82, 2.24) is 24.9 Å². The van der Waals surface area contributed by atoms with E-state index >= 15 is 0 Å². The molecule has 0 aliphatic heterocycles. The third-order valence-electron chi connectivity index (χ3n) is 3.91. The number of carbonyl (C=O) groups is 1. The average Bonchev–Trinajstić information content (AvgIpc) is 3.17. The number of alkyl halides is 2. The lowest BCUT2D eigenvalue weighted by Crippen LogP contribution is -2.28. The summed E-state index contributed by atoms with van der Waals surface area (Å²) in [7, 11) is 0. The fraction of sp³-hybridized carbons (Fsp3) is 0.533. The Morgan fingerprint density at radius 1 is 1.46 bits per heavy atom. The second-order valence-corrected chi connectivity index (χ2v) is 6.13. The van der Waals surface area contributed by atoms with Gasteiger partial charge < -0.3 is 5.32 Å². The van der Waals surface area contributed by atoms with Crippen molar-refractivity contribution >= 4 is 17.5 Å². The molecule has 0 saturated heterocycles. The van der Waals surface area contributed by atoms with Crippen LogP contribution in [0.5, 0.6) is 0 Å². The summed E-state index contributed by atoms with van der Waals surface area (Å²) in [5, 5.41) is 10.8. The summed E-state index contributed by atoms with van der Waals surface area (Å²) in [5.41, 5.74) is 0.824. The number of carbonyl (C=O) groups excluding carboxylic acids is 1. The van der Waals surface area contributed by atoms with Crippen molar-refractivity contribution < 1.29 is 13.6 Å². The van der Waals surface area contributed by atoms with Crippen LogP contribution in [0.1, 0.15) is 49.2 Å². The minimum atomic E-state index is -2.75. The highest BCUT2D eigenvalue weighted by atomic mass is 35.5. The van der Waals surface area contributed by atoms with E-state index < -0.39 is 12.1 Å². The summed E-state index contributed by atoms with van der Waals surface area (Å²) in [4.78, 5) is 12.1. The Balaban J connectivity index is 1.66. The average molecular weight is 358 g/mol. The predicted molar refractivity (Wildman–Crippen MR) is 83.9 cm³/mol. The molecule has 2 aromatic heterocycles. The van der Waals surface area contributed by atoms with Crippen LogP contribution in [0.25, 0.3) is 0 Å². The molecule has 6 nitrogen and oxygen atoms in total. The van der Waals surface area contributed by atoms with Gasteiger partial charge in [0.25, 0.3) is 6.43 Å². The zero-order valence-electron chi connectivity index (χ0n) is 13.2. The van der Waals surface area contributed by atoms with Crippen LogP contribution in [-0.2, 0) is 24.4 Å². The second-order valence-electron chi connectivity index (χ2n) is 5.76. The lowest BCUT2D eigenvalue weighted by atomic mass is 10.2. The Labute approximate surface area is 142 Å². The maximum atomic E-state index is 13.0. The van der Waals surface area contributed by atoms with Gasteiger partial charge in [0.1, 0.15) is 12.2 Å². The molecule has 1 N–H and O–H groups in total. The van der Waals surface area contributed by atoms with Gasteiger partial charge in [0, 0.05) is 18.7 Å². The second kappa shape index (κ2) is 6.88. The van der Waals surface area contributed by atoms with Gasteiger partial charge in [0.15, 0.2) is 0 Å². The lowest BCUT2D eigenvalue weighted by molar-refractivity contribution is -0.122. The Morgan fingerprint density at radius 2 is 2.21 bits per heavy atom. The van der Waals surface area contributed by atoms with E-state index in [9.17, 15) is 13.6 Å². The van der Waals surface area contributed by atoms with Crippen LogP contribution >= 0.6 is 11.6 Å². The predicted octanol–water partition coefficient (Wildman–Crippen LogP) is 2.88. The van der Waals surface area contributed by atoms with Crippen molar-refractivity contribution in [1.29, 1.82) is 0 Å². The van der Waals surface area contributed by atoms with Gasteiger partial charge in [-0.25, -0.2) is 8.78 Å². The molecule has 0 radical (unpaired) electrons. The number of hydrogen-bond donors (Lipinski definition) is 1. The topological polar surface area (TPSA) is 64.7 Å². The quantitative estimate of drug-likeness (QED) is 0.828. The highest BCUT2D eigenvalue weighted by Crippen LogP contribution is 2.45. The van der Waals surface area contributed by atoms with Crippen LogP contribution in [0, 0.1) is 0 Å². The molecule has 0 unspecified atom stereocenters. The van der Waals surface area contributed by atoms with E-state index in [1.54, 1.807) is 4.68 Å². The van der Waals surface area contributed by atoms with Gasteiger partial charge in [-0.3, -0.25) is 14.2 Å². The Hall–Kier alpha value is -1.96. The number of halogens is 3. The van der Waals surface area contributed by atoms with Crippen molar-refractivity contribution in [3.63, 3.8) is 0 Å². The first-order valence-corrected chi connectivity index (χ1v) is 8.20. The molecule has 1 aliphatic rings. The molecule has 1 saturated carbocycles. The number of amides is 1. The van der Waals surface area contributed by atoms with E-state index in [0.717, 1.165) is 25.1 Å². The smallest absolute Gasteiger partial charge is 0.283 e. The van der Waals surface area contributed by atoms with E-state index in [1.165, 1.54) is 4.68 Å². The van der Waals surface area contributed by atoms with Gasteiger partial charge >= 0.3 is 0 Å². The summed E-state index contributed by atoms with van der Waals surface area (Å²) in [6, 6.07) is 1.82. The maximum Gasteiger partial charge on any atom is 0.283 e. The van der Waals surface area contributed by atoms with Crippen LogP contribution in [0.15, 0.2) is 12.3 Å². The zero-order chi connectivity index (χ0) is 17.3. The van der Waals surface area contributed by atoms with E-state index in [0.29, 0.717) is 5.69 Å². The van der Waals surface area contributed by atoms with E-state index in [1.807, 2.05) is 19.2 Å².